The second-order valence-corrected chi connectivity index (χ2v) is 4.53. The number of nitrogens with one attached hydrogen (secondary N) is 2. The summed E-state index contributed by atoms with van der Waals surface area (Å²) in [5, 5.41) is 0. The molecule has 0 amide bonds. The first-order valence-electron chi connectivity index (χ1n) is 3.20. The van der Waals surface area contributed by atoms with Crippen LogP contribution in [0.15, 0.2) is 23.2 Å². The first-order valence-corrected chi connectivity index (χ1v) is 5.17. The van der Waals surface area contributed by atoms with Gasteiger partial charge in [0.25, 0.3) is 0 Å². The second-order valence-electron chi connectivity index (χ2n) is 2.37. The summed E-state index contributed by atoms with van der Waals surface area (Å²) in [4.78, 5) is 4.23. The van der Waals surface area contributed by atoms with E-state index in [1.165, 1.54) is 12.5 Å². The average Bonchev–Trinajstić information content (AvgIpc) is 2.03. The molecule has 0 fully saturated rings. The van der Waals surface area contributed by atoms with Crippen LogP contribution in [0.3, 0.4) is 0 Å². The van der Waals surface area contributed by atoms with Gasteiger partial charge >= 0.3 is 0 Å². The van der Waals surface area contributed by atoms with Gasteiger partial charge in [-0.1, -0.05) is 0 Å². The molecule has 0 unspecified atom stereocenters. The standard InChI is InChI=1S/C6H10N4OS/c1-12(8,11)5-2-3-6(10-7)9-4-5/h2-4,8H,7H2,1H3,(H,9,10)/t12-/m0/s1. The topological polar surface area (TPSA) is 91.9 Å². The van der Waals surface area contributed by atoms with E-state index >= 15 is 0 Å². The van der Waals surface area contributed by atoms with Crippen molar-refractivity contribution in [1.29, 1.82) is 4.78 Å². The van der Waals surface area contributed by atoms with Gasteiger partial charge in [0, 0.05) is 12.5 Å². The summed E-state index contributed by atoms with van der Waals surface area (Å²) >= 11 is 0. The van der Waals surface area contributed by atoms with Gasteiger partial charge in [-0.3, -0.25) is 0 Å². The number of hydrazine groups is 1. The van der Waals surface area contributed by atoms with Crippen molar-refractivity contribution >= 4 is 15.5 Å². The van der Waals surface area contributed by atoms with E-state index in [4.69, 9.17) is 10.6 Å². The van der Waals surface area contributed by atoms with Gasteiger partial charge < -0.3 is 5.43 Å². The number of anilines is 1. The van der Waals surface area contributed by atoms with E-state index < -0.39 is 9.73 Å². The maximum Gasteiger partial charge on any atom is 0.139 e. The maximum atomic E-state index is 11.2. The highest BCUT2D eigenvalue weighted by atomic mass is 32.2. The minimum absolute atomic E-state index is 0.404. The first-order chi connectivity index (χ1) is 5.54. The van der Waals surface area contributed by atoms with Crippen LogP contribution in [0.1, 0.15) is 0 Å². The number of rotatable bonds is 2. The van der Waals surface area contributed by atoms with Crippen molar-refractivity contribution in [3.63, 3.8) is 0 Å². The molecule has 1 aromatic heterocycles. The molecule has 1 atom stereocenters. The summed E-state index contributed by atoms with van der Waals surface area (Å²) in [7, 11) is -2.66. The highest BCUT2D eigenvalue weighted by Crippen LogP contribution is 2.09. The summed E-state index contributed by atoms with van der Waals surface area (Å²) < 4.78 is 18.4. The third-order valence-electron chi connectivity index (χ3n) is 1.33. The van der Waals surface area contributed by atoms with Crippen LogP contribution in [0, 0.1) is 4.78 Å². The lowest BCUT2D eigenvalue weighted by molar-refractivity contribution is 0.678. The molecule has 5 nitrogen and oxygen atoms in total. The quantitative estimate of drug-likeness (QED) is 0.460. The molecule has 0 radical (unpaired) electrons. The predicted molar refractivity (Wildman–Crippen MR) is 47.1 cm³/mol. The molecule has 0 saturated heterocycles. The molecule has 0 spiro atoms. The highest BCUT2D eigenvalue weighted by molar-refractivity contribution is 7.91. The Hall–Kier alpha value is -1.14. The van der Waals surface area contributed by atoms with Crippen LogP contribution in [0.2, 0.25) is 0 Å². The fourth-order valence-corrected chi connectivity index (χ4v) is 1.28. The van der Waals surface area contributed by atoms with E-state index in [-0.39, 0.29) is 0 Å². The maximum absolute atomic E-state index is 11.2. The zero-order valence-electron chi connectivity index (χ0n) is 6.57. The third-order valence-corrected chi connectivity index (χ3v) is 2.48. The number of hydrogen-bond acceptors (Lipinski definition) is 5. The van der Waals surface area contributed by atoms with Crippen LogP contribution >= 0.6 is 0 Å². The molecular formula is C6H10N4OS. The Kier molecular flexibility index (Phi) is 2.30. The van der Waals surface area contributed by atoms with Crippen LogP contribution < -0.4 is 11.3 Å². The van der Waals surface area contributed by atoms with Gasteiger partial charge in [-0.15, -0.1) is 0 Å². The van der Waals surface area contributed by atoms with E-state index in [0.717, 1.165) is 0 Å². The molecule has 0 saturated carbocycles. The SMILES string of the molecule is C[S@](=N)(=O)c1ccc(NN)nc1. The highest BCUT2D eigenvalue weighted by Gasteiger charge is 2.02. The van der Waals surface area contributed by atoms with Crippen LogP contribution in [0.5, 0.6) is 0 Å². The summed E-state index contributed by atoms with van der Waals surface area (Å²) in [6.07, 6.45) is 2.73. The van der Waals surface area contributed by atoms with Gasteiger partial charge in [0.1, 0.15) is 5.82 Å². The minimum Gasteiger partial charge on any atom is -0.308 e. The predicted octanol–water partition coefficient (Wildman–Crippen LogP) is 0.403. The monoisotopic (exact) mass is 186 g/mol. The lowest BCUT2D eigenvalue weighted by Gasteiger charge is -2.01. The molecule has 0 aliphatic rings. The Labute approximate surface area is 70.9 Å². The average molecular weight is 186 g/mol. The van der Waals surface area contributed by atoms with Crippen molar-refractivity contribution in [1.82, 2.24) is 4.98 Å². The molecular weight excluding hydrogens is 176 g/mol. The van der Waals surface area contributed by atoms with Gasteiger partial charge in [-0.2, -0.15) is 0 Å². The number of nitrogen functional groups attached to an aromatic ring is 1. The van der Waals surface area contributed by atoms with Crippen molar-refractivity contribution in [2.75, 3.05) is 11.7 Å². The number of hydrogen-bond donors (Lipinski definition) is 3. The molecule has 0 bridgehead atoms. The normalized spacial score (nSPS) is 15.2. The van der Waals surface area contributed by atoms with Gasteiger partial charge in [-0.05, 0) is 12.1 Å². The minimum atomic E-state index is -2.66. The fraction of sp³-hybridized carbons (Fsp3) is 0.167. The van der Waals surface area contributed by atoms with E-state index in [9.17, 15) is 4.21 Å². The van der Waals surface area contributed by atoms with Gasteiger partial charge in [0.2, 0.25) is 0 Å². The molecule has 0 aromatic carbocycles. The molecule has 12 heavy (non-hydrogen) atoms. The van der Waals surface area contributed by atoms with Gasteiger partial charge in [0.05, 0.1) is 14.6 Å². The van der Waals surface area contributed by atoms with Gasteiger partial charge in [-0.25, -0.2) is 19.8 Å². The van der Waals surface area contributed by atoms with Gasteiger partial charge in [0.15, 0.2) is 0 Å². The van der Waals surface area contributed by atoms with Crippen molar-refractivity contribution in [3.05, 3.63) is 18.3 Å². The van der Waals surface area contributed by atoms with E-state index in [0.29, 0.717) is 10.7 Å². The summed E-state index contributed by atoms with van der Waals surface area (Å²) in [5.74, 6) is 5.57. The number of pyridine rings is 1. The molecule has 4 N–H and O–H groups in total. The molecule has 0 aliphatic carbocycles. The fourth-order valence-electron chi connectivity index (χ4n) is 0.696. The van der Waals surface area contributed by atoms with Crippen LogP contribution in [0.25, 0.3) is 0 Å². The Morgan fingerprint density at radius 3 is 2.67 bits per heavy atom. The number of nitrogens with zero attached hydrogens (tertiary/aromatic N) is 1. The lowest BCUT2D eigenvalue weighted by atomic mass is 10.5. The Morgan fingerprint density at radius 1 is 1.67 bits per heavy atom. The van der Waals surface area contributed by atoms with E-state index in [2.05, 4.69) is 10.4 Å². The van der Waals surface area contributed by atoms with Crippen molar-refractivity contribution in [2.24, 2.45) is 5.84 Å². The summed E-state index contributed by atoms with van der Waals surface area (Å²) in [6.45, 7) is 0. The second kappa shape index (κ2) is 3.08. The molecule has 0 aliphatic heterocycles. The Balaban J connectivity index is 3.09. The van der Waals surface area contributed by atoms with Crippen molar-refractivity contribution in [3.8, 4) is 0 Å². The smallest absolute Gasteiger partial charge is 0.139 e. The van der Waals surface area contributed by atoms with Crippen LogP contribution in [0.4, 0.5) is 5.82 Å². The molecule has 1 heterocycles. The van der Waals surface area contributed by atoms with Crippen LogP contribution in [-0.2, 0) is 9.73 Å². The van der Waals surface area contributed by atoms with Crippen molar-refractivity contribution in [2.45, 2.75) is 4.90 Å². The van der Waals surface area contributed by atoms with Crippen LogP contribution in [-0.4, -0.2) is 15.4 Å². The Bertz CT molecular complexity index is 356. The molecule has 1 aromatic rings. The summed E-state index contributed by atoms with van der Waals surface area (Å²) in [5.41, 5.74) is 2.34. The van der Waals surface area contributed by atoms with E-state index in [1.807, 2.05) is 0 Å². The van der Waals surface area contributed by atoms with Crippen molar-refractivity contribution < 1.29 is 4.21 Å². The summed E-state index contributed by atoms with van der Waals surface area (Å²) in [6, 6.07) is 3.14. The molecule has 66 valence electrons. The zero-order chi connectivity index (χ0) is 9.19. The largest absolute Gasteiger partial charge is 0.308 e. The Morgan fingerprint density at radius 2 is 2.33 bits per heavy atom. The first kappa shape index (κ1) is 8.95. The lowest BCUT2D eigenvalue weighted by Crippen LogP contribution is -2.08. The number of nitrogens with two attached hydrogens (primary N) is 1. The zero-order valence-corrected chi connectivity index (χ0v) is 7.39. The van der Waals surface area contributed by atoms with E-state index in [1.54, 1.807) is 12.1 Å². The molecule has 6 heteroatoms. The number of aromatic nitrogens is 1. The molecule has 1 rings (SSSR count). The third kappa shape index (κ3) is 1.93.